The van der Waals surface area contributed by atoms with Gasteiger partial charge in [0.15, 0.2) is 0 Å². The predicted molar refractivity (Wildman–Crippen MR) is 108 cm³/mol. The Kier molecular flexibility index (Phi) is 6.02. The third-order valence-corrected chi connectivity index (χ3v) is 6.46. The summed E-state index contributed by atoms with van der Waals surface area (Å²) in [5.74, 6) is -0.580. The first-order valence-electron chi connectivity index (χ1n) is 9.43. The van der Waals surface area contributed by atoms with E-state index in [2.05, 4.69) is 20.7 Å². The highest BCUT2D eigenvalue weighted by molar-refractivity contribution is 7.89. The van der Waals surface area contributed by atoms with Gasteiger partial charge in [-0.05, 0) is 47.7 Å². The van der Waals surface area contributed by atoms with Crippen LogP contribution in [0.5, 0.6) is 0 Å². The van der Waals surface area contributed by atoms with Gasteiger partial charge in [0.2, 0.25) is 21.8 Å². The number of nitrogens with zero attached hydrogens (tertiary/aromatic N) is 5. The van der Waals surface area contributed by atoms with Gasteiger partial charge in [-0.3, -0.25) is 4.79 Å². The van der Waals surface area contributed by atoms with Gasteiger partial charge in [0.1, 0.15) is 12.4 Å². The van der Waals surface area contributed by atoms with Crippen LogP contribution in [0.1, 0.15) is 0 Å². The molecule has 0 radical (unpaired) electrons. The van der Waals surface area contributed by atoms with E-state index in [0.29, 0.717) is 24.5 Å². The number of nitrogens with one attached hydrogen (secondary N) is 1. The summed E-state index contributed by atoms with van der Waals surface area (Å²) in [5.41, 5.74) is 0.896. The number of morpholine rings is 1. The molecule has 2 aromatic carbocycles. The number of tetrazole rings is 1. The molecule has 10 nitrogen and oxygen atoms in total. The molecule has 1 aromatic heterocycles. The van der Waals surface area contributed by atoms with Crippen LogP contribution >= 0.6 is 0 Å². The average molecular weight is 446 g/mol. The third kappa shape index (κ3) is 4.93. The largest absolute Gasteiger partial charge is 0.379 e. The van der Waals surface area contributed by atoms with Gasteiger partial charge >= 0.3 is 0 Å². The summed E-state index contributed by atoms with van der Waals surface area (Å²) in [6, 6.07) is 11.6. The van der Waals surface area contributed by atoms with E-state index >= 15 is 0 Å². The molecule has 2 heterocycles. The topological polar surface area (TPSA) is 119 Å². The molecule has 0 bridgehead atoms. The van der Waals surface area contributed by atoms with Gasteiger partial charge in [-0.1, -0.05) is 6.07 Å². The van der Waals surface area contributed by atoms with Crippen LogP contribution < -0.4 is 5.32 Å². The maximum absolute atomic E-state index is 13.0. The van der Waals surface area contributed by atoms with Gasteiger partial charge in [-0.2, -0.15) is 9.10 Å². The van der Waals surface area contributed by atoms with E-state index in [1.165, 1.54) is 40.7 Å². The zero-order valence-electron chi connectivity index (χ0n) is 16.3. The van der Waals surface area contributed by atoms with Crippen molar-refractivity contribution in [3.8, 4) is 11.4 Å². The summed E-state index contributed by atoms with van der Waals surface area (Å²) in [6.45, 7) is 1.04. The molecule has 0 unspecified atom stereocenters. The molecule has 0 saturated carbocycles. The first-order chi connectivity index (χ1) is 14.9. The zero-order valence-corrected chi connectivity index (χ0v) is 17.1. The highest BCUT2D eigenvalue weighted by atomic mass is 32.2. The minimum Gasteiger partial charge on any atom is -0.379 e. The molecule has 1 aliphatic heterocycles. The number of amides is 1. The van der Waals surface area contributed by atoms with Crippen molar-refractivity contribution >= 4 is 21.6 Å². The molecule has 1 saturated heterocycles. The Bertz CT molecular complexity index is 1180. The lowest BCUT2D eigenvalue weighted by molar-refractivity contribution is -0.117. The number of benzene rings is 2. The number of sulfonamides is 1. The third-order valence-electron chi connectivity index (χ3n) is 4.57. The van der Waals surface area contributed by atoms with Crippen LogP contribution in [0.3, 0.4) is 0 Å². The first-order valence-corrected chi connectivity index (χ1v) is 10.9. The van der Waals surface area contributed by atoms with Crippen LogP contribution in [0.15, 0.2) is 53.4 Å². The summed E-state index contributed by atoms with van der Waals surface area (Å²) in [6.07, 6.45) is 0. The van der Waals surface area contributed by atoms with Crippen molar-refractivity contribution in [2.24, 2.45) is 0 Å². The monoisotopic (exact) mass is 446 g/mol. The Hall–Kier alpha value is -3.22. The Labute approximate surface area is 177 Å². The van der Waals surface area contributed by atoms with Crippen molar-refractivity contribution in [1.29, 1.82) is 0 Å². The second-order valence-electron chi connectivity index (χ2n) is 6.74. The van der Waals surface area contributed by atoms with E-state index in [0.717, 1.165) is 4.80 Å². The number of hydrogen-bond acceptors (Lipinski definition) is 7. The number of anilines is 1. The molecule has 1 N–H and O–H groups in total. The highest BCUT2D eigenvalue weighted by Crippen LogP contribution is 2.20. The minimum absolute atomic E-state index is 0.0877. The lowest BCUT2D eigenvalue weighted by atomic mass is 10.2. The predicted octanol–water partition coefficient (Wildman–Crippen LogP) is 1.14. The number of rotatable bonds is 6. The van der Waals surface area contributed by atoms with Crippen LogP contribution in [0, 0.1) is 5.82 Å². The van der Waals surface area contributed by atoms with Gasteiger partial charge in [0, 0.05) is 24.3 Å². The fraction of sp³-hybridized carbons (Fsp3) is 0.263. The molecule has 12 heteroatoms. The molecule has 3 aromatic rings. The molecule has 0 spiro atoms. The Morgan fingerprint density at radius 2 is 1.87 bits per heavy atom. The van der Waals surface area contributed by atoms with Gasteiger partial charge in [-0.15, -0.1) is 10.2 Å². The summed E-state index contributed by atoms with van der Waals surface area (Å²) in [5, 5.41) is 14.4. The van der Waals surface area contributed by atoms with Crippen molar-refractivity contribution in [3.63, 3.8) is 0 Å². The lowest BCUT2D eigenvalue weighted by Gasteiger charge is -2.26. The fourth-order valence-electron chi connectivity index (χ4n) is 3.02. The number of ether oxygens (including phenoxy) is 1. The van der Waals surface area contributed by atoms with Crippen LogP contribution in [0.2, 0.25) is 0 Å². The normalized spacial score (nSPS) is 15.0. The van der Waals surface area contributed by atoms with E-state index < -0.39 is 15.9 Å². The summed E-state index contributed by atoms with van der Waals surface area (Å²) in [4.78, 5) is 13.6. The summed E-state index contributed by atoms with van der Waals surface area (Å²) < 4.78 is 45.1. The Morgan fingerprint density at radius 1 is 1.13 bits per heavy atom. The molecule has 0 aliphatic carbocycles. The van der Waals surface area contributed by atoms with E-state index in [9.17, 15) is 17.6 Å². The van der Waals surface area contributed by atoms with Gasteiger partial charge in [0.05, 0.1) is 18.1 Å². The Balaban J connectivity index is 1.42. The minimum atomic E-state index is -3.67. The van der Waals surface area contributed by atoms with Crippen molar-refractivity contribution in [2.75, 3.05) is 31.6 Å². The van der Waals surface area contributed by atoms with Crippen LogP contribution in [-0.4, -0.2) is 65.1 Å². The fourth-order valence-corrected chi connectivity index (χ4v) is 4.48. The van der Waals surface area contributed by atoms with Crippen LogP contribution in [0.25, 0.3) is 11.4 Å². The molecular weight excluding hydrogens is 427 g/mol. The highest BCUT2D eigenvalue weighted by Gasteiger charge is 2.26. The molecule has 31 heavy (non-hydrogen) atoms. The second kappa shape index (κ2) is 8.88. The van der Waals surface area contributed by atoms with Crippen molar-refractivity contribution in [1.82, 2.24) is 24.5 Å². The maximum Gasteiger partial charge on any atom is 0.248 e. The lowest BCUT2D eigenvalue weighted by Crippen LogP contribution is -2.40. The maximum atomic E-state index is 13.0. The summed E-state index contributed by atoms with van der Waals surface area (Å²) in [7, 11) is -3.67. The smallest absolute Gasteiger partial charge is 0.248 e. The van der Waals surface area contributed by atoms with Gasteiger partial charge in [-0.25, -0.2) is 12.8 Å². The molecule has 1 aliphatic rings. The van der Waals surface area contributed by atoms with E-state index in [4.69, 9.17) is 4.74 Å². The molecule has 1 fully saturated rings. The van der Waals surface area contributed by atoms with Crippen LogP contribution in [0.4, 0.5) is 10.1 Å². The van der Waals surface area contributed by atoms with Crippen molar-refractivity contribution < 1.29 is 22.3 Å². The molecule has 1 amide bonds. The SMILES string of the molecule is O=C(Cn1nnc(-c2ccc(F)cc2)n1)Nc1cccc(S(=O)(=O)N2CCOCC2)c1. The number of carbonyl (C=O) groups is 1. The quantitative estimate of drug-likeness (QED) is 0.603. The van der Waals surface area contributed by atoms with Gasteiger partial charge < -0.3 is 10.1 Å². The average Bonchev–Trinajstić information content (AvgIpc) is 3.23. The molecule has 0 atom stereocenters. The molecular formula is C19H19FN6O4S. The number of halogens is 1. The van der Waals surface area contributed by atoms with Crippen molar-refractivity contribution in [2.45, 2.75) is 11.4 Å². The van der Waals surface area contributed by atoms with E-state index in [-0.39, 0.29) is 36.2 Å². The zero-order chi connectivity index (χ0) is 21.8. The summed E-state index contributed by atoms with van der Waals surface area (Å²) >= 11 is 0. The van der Waals surface area contributed by atoms with E-state index in [1.807, 2.05) is 0 Å². The first kappa shape index (κ1) is 21.0. The van der Waals surface area contributed by atoms with Crippen molar-refractivity contribution in [3.05, 3.63) is 54.3 Å². The Morgan fingerprint density at radius 3 is 2.61 bits per heavy atom. The standard InChI is InChI=1S/C19H19FN6O4S/c20-15-6-4-14(5-7-15)19-22-24-26(23-19)13-18(27)21-16-2-1-3-17(12-16)31(28,29)25-8-10-30-11-9-25/h1-7,12H,8-11,13H2,(H,21,27). The van der Waals surface area contributed by atoms with E-state index in [1.54, 1.807) is 12.1 Å². The number of aromatic nitrogens is 4. The second-order valence-corrected chi connectivity index (χ2v) is 8.68. The van der Waals surface area contributed by atoms with Gasteiger partial charge in [0.25, 0.3) is 0 Å². The number of carbonyl (C=O) groups excluding carboxylic acids is 1. The van der Waals surface area contributed by atoms with Crippen LogP contribution in [-0.2, 0) is 26.1 Å². The number of hydrogen-bond donors (Lipinski definition) is 1. The molecule has 4 rings (SSSR count). The molecule has 162 valence electrons.